The number of rotatable bonds is 12. The molecule has 0 atom stereocenters. The number of carbonyl (C=O) groups is 2. The lowest BCUT2D eigenvalue weighted by Crippen LogP contribution is -2.46. The van der Waals surface area contributed by atoms with Crippen LogP contribution in [0.15, 0.2) is 72.8 Å². The molecule has 1 aromatic heterocycles. The largest absolute Gasteiger partial charge is 0.497 e. The van der Waals surface area contributed by atoms with Crippen molar-refractivity contribution in [2.24, 2.45) is 0 Å². The summed E-state index contributed by atoms with van der Waals surface area (Å²) in [5.74, 6) is 1.24. The van der Waals surface area contributed by atoms with Gasteiger partial charge in [-0.25, -0.2) is 0 Å². The van der Waals surface area contributed by atoms with E-state index in [1.54, 1.807) is 14.0 Å². The van der Waals surface area contributed by atoms with E-state index in [1.807, 2.05) is 55.5 Å². The minimum Gasteiger partial charge on any atom is -0.497 e. The van der Waals surface area contributed by atoms with Gasteiger partial charge in [-0.2, -0.15) is 5.10 Å². The van der Waals surface area contributed by atoms with Crippen LogP contribution >= 0.6 is 0 Å². The van der Waals surface area contributed by atoms with Crippen molar-refractivity contribution in [3.05, 3.63) is 89.6 Å². The Bertz CT molecular complexity index is 1530. The minimum atomic E-state index is -0.119. The van der Waals surface area contributed by atoms with Crippen LogP contribution in [0.4, 0.5) is 28.6 Å². The van der Waals surface area contributed by atoms with E-state index in [0.717, 1.165) is 54.6 Å². The monoisotopic (exact) mass is 581 g/mol. The van der Waals surface area contributed by atoms with E-state index in [-0.39, 0.29) is 18.2 Å². The van der Waals surface area contributed by atoms with Crippen molar-refractivity contribution in [3.8, 4) is 5.75 Å². The van der Waals surface area contributed by atoms with E-state index in [1.165, 1.54) is 5.69 Å². The van der Waals surface area contributed by atoms with Gasteiger partial charge >= 0.3 is 0 Å². The first-order valence-electron chi connectivity index (χ1n) is 14.6. The molecule has 10 heteroatoms. The summed E-state index contributed by atoms with van der Waals surface area (Å²) in [5.41, 5.74) is 6.11. The molecule has 0 unspecified atom stereocenters. The predicted molar refractivity (Wildman–Crippen MR) is 172 cm³/mol. The number of ketones is 1. The lowest BCUT2D eigenvalue weighted by molar-refractivity contribution is -0.119. The van der Waals surface area contributed by atoms with Gasteiger partial charge in [0.2, 0.25) is 5.91 Å². The number of hydrogen-bond acceptors (Lipinski definition) is 8. The summed E-state index contributed by atoms with van der Waals surface area (Å²) in [6.45, 7) is 7.36. The number of Topliss-reactive ketones (excluding diaryl/α,β-unsaturated/α-hetero) is 1. The average molecular weight is 582 g/mol. The summed E-state index contributed by atoms with van der Waals surface area (Å²) < 4.78 is 5.21. The molecule has 0 spiro atoms. The van der Waals surface area contributed by atoms with Crippen molar-refractivity contribution in [1.29, 1.82) is 0 Å². The van der Waals surface area contributed by atoms with Crippen LogP contribution < -0.4 is 30.5 Å². The topological polar surface area (TPSA) is 115 Å². The Balaban J connectivity index is 1.31. The number of amides is 1. The van der Waals surface area contributed by atoms with Crippen LogP contribution in [0.3, 0.4) is 0 Å². The second-order valence-corrected chi connectivity index (χ2v) is 10.6. The Morgan fingerprint density at radius 2 is 1.65 bits per heavy atom. The molecule has 4 N–H and O–H groups in total. The summed E-state index contributed by atoms with van der Waals surface area (Å²) in [4.78, 5) is 30.2. The van der Waals surface area contributed by atoms with Gasteiger partial charge in [-0.15, -0.1) is 0 Å². The van der Waals surface area contributed by atoms with Gasteiger partial charge in [0.25, 0.3) is 0 Å². The number of nitrogens with one attached hydrogen (secondary N) is 4. The molecule has 3 aromatic carbocycles. The molecule has 10 nitrogen and oxygen atoms in total. The number of piperazine rings is 1. The minimum absolute atomic E-state index is 0.0813. The van der Waals surface area contributed by atoms with Crippen molar-refractivity contribution >= 4 is 40.3 Å². The first-order valence-corrected chi connectivity index (χ1v) is 14.6. The molecule has 0 saturated carbocycles. The van der Waals surface area contributed by atoms with Crippen molar-refractivity contribution in [2.45, 2.75) is 20.3 Å². The van der Waals surface area contributed by atoms with Gasteiger partial charge in [0.1, 0.15) is 5.75 Å². The van der Waals surface area contributed by atoms with Gasteiger partial charge in [0.05, 0.1) is 30.7 Å². The summed E-state index contributed by atoms with van der Waals surface area (Å²) in [7, 11) is 1.64. The van der Waals surface area contributed by atoms with E-state index in [9.17, 15) is 9.59 Å². The Morgan fingerprint density at radius 3 is 2.30 bits per heavy atom. The highest BCUT2D eigenvalue weighted by molar-refractivity contribution is 6.03. The molecule has 1 aliphatic heterocycles. The van der Waals surface area contributed by atoms with Crippen molar-refractivity contribution < 1.29 is 14.3 Å². The van der Waals surface area contributed by atoms with E-state index in [4.69, 9.17) is 4.74 Å². The Morgan fingerprint density at radius 1 is 0.930 bits per heavy atom. The normalized spacial score (nSPS) is 13.0. The number of H-pyrrole nitrogens is 1. The number of aryl methyl sites for hydroxylation is 1. The van der Waals surface area contributed by atoms with Crippen molar-refractivity contribution in [1.82, 2.24) is 15.5 Å². The van der Waals surface area contributed by atoms with Gasteiger partial charge in [-0.3, -0.25) is 14.7 Å². The van der Waals surface area contributed by atoms with Gasteiger partial charge in [-0.1, -0.05) is 30.3 Å². The highest BCUT2D eigenvalue weighted by Gasteiger charge is 2.23. The maximum absolute atomic E-state index is 12.8. The number of methoxy groups -OCH3 is 1. The first kappa shape index (κ1) is 29.5. The number of aromatic amines is 1. The number of aromatic nitrogens is 2. The fraction of sp³-hybridized carbons (Fsp3) is 0.303. The quantitative estimate of drug-likeness (QED) is 0.177. The number of benzene rings is 3. The molecule has 4 aromatic rings. The lowest BCUT2D eigenvalue weighted by atomic mass is 10.0. The third-order valence-corrected chi connectivity index (χ3v) is 7.56. The van der Waals surface area contributed by atoms with Gasteiger partial charge in [0.15, 0.2) is 11.6 Å². The maximum atomic E-state index is 12.8. The molecule has 5 rings (SSSR count). The summed E-state index contributed by atoms with van der Waals surface area (Å²) in [6, 6.07) is 23.9. The molecule has 224 valence electrons. The molecule has 43 heavy (non-hydrogen) atoms. The number of hydrogen-bond donors (Lipinski definition) is 4. The van der Waals surface area contributed by atoms with E-state index < -0.39 is 0 Å². The van der Waals surface area contributed by atoms with Crippen LogP contribution in [0.1, 0.15) is 28.5 Å². The summed E-state index contributed by atoms with van der Waals surface area (Å²) in [6.07, 6.45) is 0.716. The zero-order chi connectivity index (χ0) is 30.2. The van der Waals surface area contributed by atoms with Crippen LogP contribution in [0.5, 0.6) is 5.75 Å². The van der Waals surface area contributed by atoms with Gasteiger partial charge in [0, 0.05) is 55.7 Å². The second-order valence-electron chi connectivity index (χ2n) is 10.6. The fourth-order valence-electron chi connectivity index (χ4n) is 5.23. The van der Waals surface area contributed by atoms with Crippen LogP contribution in [-0.2, 0) is 11.2 Å². The fourth-order valence-corrected chi connectivity index (χ4v) is 5.23. The Kier molecular flexibility index (Phi) is 9.46. The van der Waals surface area contributed by atoms with Crippen molar-refractivity contribution in [2.75, 3.05) is 66.8 Å². The smallest absolute Gasteiger partial charge is 0.239 e. The first-order chi connectivity index (χ1) is 20.9. The molecule has 1 saturated heterocycles. The lowest BCUT2D eigenvalue weighted by Gasteiger charge is -2.38. The molecule has 1 fully saturated rings. The third-order valence-electron chi connectivity index (χ3n) is 7.56. The number of anilines is 5. The highest BCUT2D eigenvalue weighted by Crippen LogP contribution is 2.35. The predicted octanol–water partition coefficient (Wildman–Crippen LogP) is 4.77. The van der Waals surface area contributed by atoms with E-state index in [0.29, 0.717) is 30.0 Å². The average Bonchev–Trinajstić information content (AvgIpc) is 3.45. The third kappa shape index (κ3) is 7.65. The number of nitrogens with zero attached hydrogens (tertiary/aromatic N) is 3. The number of carbonyl (C=O) groups excluding carboxylic acids is 2. The molecular formula is C33H39N7O3. The number of ether oxygens (including phenoxy) is 1. The van der Waals surface area contributed by atoms with Crippen molar-refractivity contribution in [3.63, 3.8) is 0 Å². The zero-order valence-electron chi connectivity index (χ0n) is 24.9. The molecule has 0 radical (unpaired) electrons. The van der Waals surface area contributed by atoms with Crippen LogP contribution in [0.25, 0.3) is 0 Å². The molecule has 2 heterocycles. The molecule has 1 amide bonds. The zero-order valence-corrected chi connectivity index (χ0v) is 24.9. The SMILES string of the molecule is COc1ccc(CCNC(=O)CNc2cc(C(C)=O)c(Nc3cc(C)[nH]n3)cc2N2CCN(c3ccccc3)CC2)cc1. The van der Waals surface area contributed by atoms with E-state index >= 15 is 0 Å². The maximum Gasteiger partial charge on any atom is 0.239 e. The summed E-state index contributed by atoms with van der Waals surface area (Å²) in [5, 5.41) is 16.9. The van der Waals surface area contributed by atoms with Gasteiger partial charge < -0.3 is 30.5 Å². The molecule has 1 aliphatic rings. The molecular weight excluding hydrogens is 542 g/mol. The Labute approximate surface area is 252 Å². The number of para-hydroxylation sites is 1. The highest BCUT2D eigenvalue weighted by atomic mass is 16.5. The molecule has 0 aliphatic carbocycles. The Hall–Kier alpha value is -4.99. The second kappa shape index (κ2) is 13.8. The molecule has 0 bridgehead atoms. The summed E-state index contributed by atoms with van der Waals surface area (Å²) >= 11 is 0. The van der Waals surface area contributed by atoms with Crippen LogP contribution in [-0.4, -0.2) is 68.3 Å². The van der Waals surface area contributed by atoms with Gasteiger partial charge in [-0.05, 0) is 62.2 Å². The van der Waals surface area contributed by atoms with E-state index in [2.05, 4.69) is 60.2 Å². The standard InChI is InChI=1S/C33H39N7O3/c1-23-19-32(38-37-23)36-29-21-31(40-17-15-39(16-18-40)26-7-5-4-6-8-26)30(20-28(29)24(2)41)35-22-33(42)34-14-13-25-9-11-27(43-3)12-10-25/h4-12,19-21,35H,13-18,22H2,1-3H3,(H,34,42)(H2,36,37,38). The van der Waals surface area contributed by atoms with Crippen LogP contribution in [0, 0.1) is 6.92 Å². The van der Waals surface area contributed by atoms with Crippen LogP contribution in [0.2, 0.25) is 0 Å².